The second kappa shape index (κ2) is 8.23. The fourth-order valence-electron chi connectivity index (χ4n) is 5.05. The minimum Gasteiger partial charge on any atom is -0.494 e. The standard InChI is InChI=1S/C27H26N2O5S/c1-4-34-22-13-11-21(12-14-22)29-25(30)17-35(32,33)27(29)23-7-5-6-8-24(23)28(26(27)31)16-20-15-18(2)9-10-19(20)3/h5-15H,4,16-17H2,1-3H3/t27-/m0/s1. The van der Waals surface area contributed by atoms with Crippen molar-refractivity contribution in [3.8, 4) is 5.75 Å². The molecule has 0 aliphatic carbocycles. The van der Waals surface area contributed by atoms with E-state index in [1.807, 2.05) is 39.0 Å². The maximum Gasteiger partial charge on any atom is 0.274 e. The van der Waals surface area contributed by atoms with Gasteiger partial charge in [0.25, 0.3) is 10.8 Å². The zero-order valence-corrected chi connectivity index (χ0v) is 20.6. The molecule has 7 nitrogen and oxygen atoms in total. The number of carbonyl (C=O) groups is 2. The zero-order chi connectivity index (χ0) is 25.0. The summed E-state index contributed by atoms with van der Waals surface area (Å²) in [5, 5.41) is 0. The Bertz CT molecular complexity index is 1450. The normalized spacial score (nSPS) is 20.5. The number of fused-ring (bicyclic) bond motifs is 2. The number of para-hydroxylation sites is 1. The molecular formula is C27H26N2O5S. The summed E-state index contributed by atoms with van der Waals surface area (Å²) in [6.07, 6.45) is 0. The molecule has 2 amide bonds. The number of amides is 2. The summed E-state index contributed by atoms with van der Waals surface area (Å²) in [6.45, 7) is 6.46. The molecule has 3 aromatic carbocycles. The summed E-state index contributed by atoms with van der Waals surface area (Å²) in [7, 11) is -4.21. The van der Waals surface area contributed by atoms with E-state index < -0.39 is 32.3 Å². The van der Waals surface area contributed by atoms with Crippen LogP contribution in [0.4, 0.5) is 11.4 Å². The van der Waals surface area contributed by atoms with Gasteiger partial charge in [0, 0.05) is 11.3 Å². The highest BCUT2D eigenvalue weighted by molar-refractivity contribution is 7.94. The van der Waals surface area contributed by atoms with Gasteiger partial charge in [-0.2, -0.15) is 0 Å². The van der Waals surface area contributed by atoms with Gasteiger partial charge >= 0.3 is 0 Å². The van der Waals surface area contributed by atoms with Crippen molar-refractivity contribution in [3.05, 3.63) is 89.0 Å². The highest BCUT2D eigenvalue weighted by Gasteiger charge is 2.69. The van der Waals surface area contributed by atoms with Gasteiger partial charge in [0.05, 0.1) is 18.8 Å². The molecule has 2 aliphatic rings. The first-order valence-corrected chi connectivity index (χ1v) is 13.1. The van der Waals surface area contributed by atoms with Crippen LogP contribution in [0.25, 0.3) is 0 Å². The highest BCUT2D eigenvalue weighted by atomic mass is 32.2. The number of hydrogen-bond acceptors (Lipinski definition) is 5. The minimum atomic E-state index is -4.21. The molecule has 1 saturated heterocycles. The van der Waals surface area contributed by atoms with Gasteiger partial charge < -0.3 is 9.64 Å². The van der Waals surface area contributed by atoms with E-state index in [1.165, 1.54) is 4.90 Å². The fraction of sp³-hybridized carbons (Fsp3) is 0.259. The first kappa shape index (κ1) is 23.1. The van der Waals surface area contributed by atoms with Crippen molar-refractivity contribution < 1.29 is 22.7 Å². The molecule has 180 valence electrons. The molecule has 0 bridgehead atoms. The number of aryl methyl sites for hydroxylation is 2. The van der Waals surface area contributed by atoms with Gasteiger partial charge in [-0.05, 0) is 62.2 Å². The molecular weight excluding hydrogens is 464 g/mol. The van der Waals surface area contributed by atoms with Crippen LogP contribution < -0.4 is 14.5 Å². The second-order valence-corrected chi connectivity index (χ2v) is 11.0. The first-order valence-electron chi connectivity index (χ1n) is 11.5. The van der Waals surface area contributed by atoms with E-state index in [0.717, 1.165) is 21.6 Å². The molecule has 1 spiro atoms. The maximum atomic E-state index is 14.2. The lowest BCUT2D eigenvalue weighted by Gasteiger charge is -2.32. The molecule has 1 atom stereocenters. The molecule has 2 heterocycles. The Labute approximate surface area is 204 Å². The van der Waals surface area contributed by atoms with E-state index in [0.29, 0.717) is 29.3 Å². The Hall–Kier alpha value is -3.65. The average molecular weight is 491 g/mol. The Morgan fingerprint density at radius 2 is 1.69 bits per heavy atom. The molecule has 0 radical (unpaired) electrons. The lowest BCUT2D eigenvalue weighted by molar-refractivity contribution is -0.123. The third-order valence-corrected chi connectivity index (χ3v) is 8.77. The lowest BCUT2D eigenvalue weighted by atomic mass is 10.0. The topological polar surface area (TPSA) is 84.0 Å². The van der Waals surface area contributed by atoms with Crippen LogP contribution >= 0.6 is 0 Å². The molecule has 3 aromatic rings. The van der Waals surface area contributed by atoms with Crippen LogP contribution in [0.3, 0.4) is 0 Å². The molecule has 2 aliphatic heterocycles. The van der Waals surface area contributed by atoms with E-state index in [1.54, 1.807) is 48.5 Å². The average Bonchev–Trinajstić information content (AvgIpc) is 3.20. The van der Waals surface area contributed by atoms with Gasteiger partial charge in [-0.3, -0.25) is 14.5 Å². The van der Waals surface area contributed by atoms with Crippen LogP contribution in [0.5, 0.6) is 5.75 Å². The summed E-state index contributed by atoms with van der Waals surface area (Å²) in [5.74, 6) is -1.42. The molecule has 0 unspecified atom stereocenters. The summed E-state index contributed by atoms with van der Waals surface area (Å²) in [4.78, 5) is 28.0. The maximum absolute atomic E-state index is 14.2. The Morgan fingerprint density at radius 1 is 0.971 bits per heavy atom. The number of nitrogens with zero attached hydrogens (tertiary/aromatic N) is 2. The Kier molecular flexibility index (Phi) is 5.44. The van der Waals surface area contributed by atoms with Crippen molar-refractivity contribution in [2.24, 2.45) is 0 Å². The van der Waals surface area contributed by atoms with E-state index in [2.05, 4.69) is 0 Å². The number of anilines is 2. The zero-order valence-electron chi connectivity index (χ0n) is 19.8. The predicted octanol–water partition coefficient (Wildman–Crippen LogP) is 3.86. The molecule has 0 N–H and O–H groups in total. The van der Waals surface area contributed by atoms with Gasteiger partial charge in [0.15, 0.2) is 9.84 Å². The third kappa shape index (κ3) is 3.35. The van der Waals surface area contributed by atoms with Crippen LogP contribution in [0.1, 0.15) is 29.2 Å². The van der Waals surface area contributed by atoms with Crippen LogP contribution in [0.2, 0.25) is 0 Å². The number of benzene rings is 3. The van der Waals surface area contributed by atoms with Crippen LogP contribution in [-0.4, -0.2) is 32.6 Å². The van der Waals surface area contributed by atoms with Gasteiger partial charge in [-0.15, -0.1) is 0 Å². The minimum absolute atomic E-state index is 0.200. The number of ether oxygens (including phenoxy) is 1. The largest absolute Gasteiger partial charge is 0.494 e. The van der Waals surface area contributed by atoms with E-state index in [9.17, 15) is 18.0 Å². The fourth-order valence-corrected chi connectivity index (χ4v) is 7.08. The van der Waals surface area contributed by atoms with Gasteiger partial charge in [0.2, 0.25) is 5.91 Å². The summed E-state index contributed by atoms with van der Waals surface area (Å²) < 4.78 is 32.9. The predicted molar refractivity (Wildman–Crippen MR) is 134 cm³/mol. The number of carbonyl (C=O) groups excluding carboxylic acids is 2. The van der Waals surface area contributed by atoms with Crippen molar-refractivity contribution in [3.63, 3.8) is 0 Å². The molecule has 0 saturated carbocycles. The molecule has 35 heavy (non-hydrogen) atoms. The van der Waals surface area contributed by atoms with Crippen LogP contribution in [0.15, 0.2) is 66.7 Å². The number of hydrogen-bond donors (Lipinski definition) is 0. The molecule has 1 fully saturated rings. The monoisotopic (exact) mass is 490 g/mol. The third-order valence-electron chi connectivity index (χ3n) is 6.66. The van der Waals surface area contributed by atoms with E-state index in [4.69, 9.17) is 4.74 Å². The highest BCUT2D eigenvalue weighted by Crippen LogP contribution is 2.53. The lowest BCUT2D eigenvalue weighted by Crippen LogP contribution is -2.54. The summed E-state index contributed by atoms with van der Waals surface area (Å²) in [5.41, 5.74) is 4.08. The summed E-state index contributed by atoms with van der Waals surface area (Å²) in [6, 6.07) is 19.4. The Morgan fingerprint density at radius 3 is 2.40 bits per heavy atom. The smallest absolute Gasteiger partial charge is 0.274 e. The van der Waals surface area contributed by atoms with Gasteiger partial charge in [-0.25, -0.2) is 8.42 Å². The van der Waals surface area contributed by atoms with Gasteiger partial charge in [0.1, 0.15) is 11.5 Å². The Balaban J connectivity index is 1.69. The quantitative estimate of drug-likeness (QED) is 0.542. The second-order valence-electron chi connectivity index (χ2n) is 8.90. The van der Waals surface area contributed by atoms with Crippen LogP contribution in [-0.2, 0) is 30.8 Å². The van der Waals surface area contributed by atoms with Crippen molar-refractivity contribution in [2.45, 2.75) is 32.2 Å². The number of rotatable bonds is 5. The van der Waals surface area contributed by atoms with E-state index >= 15 is 0 Å². The molecule has 5 rings (SSSR count). The first-order chi connectivity index (χ1) is 16.7. The molecule has 8 heteroatoms. The van der Waals surface area contributed by atoms with E-state index in [-0.39, 0.29) is 6.54 Å². The van der Waals surface area contributed by atoms with Crippen molar-refractivity contribution in [1.29, 1.82) is 0 Å². The SMILES string of the molecule is CCOc1ccc(N2C(=O)CS(=O)(=O)[C@@]23C(=O)N(Cc2cc(C)ccc2C)c2ccccc23)cc1. The van der Waals surface area contributed by atoms with Crippen molar-refractivity contribution in [2.75, 3.05) is 22.2 Å². The van der Waals surface area contributed by atoms with Crippen molar-refractivity contribution in [1.82, 2.24) is 0 Å². The number of sulfone groups is 1. The van der Waals surface area contributed by atoms with Gasteiger partial charge in [-0.1, -0.05) is 42.0 Å². The van der Waals surface area contributed by atoms with Crippen molar-refractivity contribution >= 4 is 33.0 Å². The van der Waals surface area contributed by atoms with Crippen LogP contribution in [0, 0.1) is 13.8 Å². The molecule has 0 aromatic heterocycles. The summed E-state index contributed by atoms with van der Waals surface area (Å²) >= 11 is 0.